The number of rotatable bonds is 5. The van der Waals surface area contributed by atoms with E-state index in [1.165, 1.54) is 24.3 Å². The van der Waals surface area contributed by atoms with Crippen molar-refractivity contribution in [1.82, 2.24) is 4.98 Å². The second-order valence-corrected chi connectivity index (χ2v) is 7.97. The molecule has 0 bridgehead atoms. The Bertz CT molecular complexity index is 1350. The average Bonchev–Trinajstić information content (AvgIpc) is 2.81. The molecule has 2 N–H and O–H groups in total. The molecule has 4 rings (SSSR count). The highest BCUT2D eigenvalue weighted by Crippen LogP contribution is 2.36. The van der Waals surface area contributed by atoms with E-state index in [0.717, 1.165) is 12.1 Å². The number of benzene rings is 2. The second kappa shape index (κ2) is 9.61. The zero-order valence-corrected chi connectivity index (χ0v) is 18.9. The van der Waals surface area contributed by atoms with Crippen molar-refractivity contribution < 1.29 is 41.0 Å². The van der Waals surface area contributed by atoms with Gasteiger partial charge in [-0.3, -0.25) is 9.59 Å². The van der Waals surface area contributed by atoms with Crippen molar-refractivity contribution in [2.75, 3.05) is 17.2 Å². The Morgan fingerprint density at radius 1 is 1.19 bits per heavy atom. The maximum Gasteiger partial charge on any atom is 0.425 e. The smallest absolute Gasteiger partial charge is 0.425 e. The molecule has 1 aliphatic heterocycles. The number of hydrogen-bond donors (Lipinski definition) is 2. The van der Waals surface area contributed by atoms with Crippen LogP contribution in [0, 0.1) is 11.6 Å². The molecule has 1 atom stereocenters. The lowest BCUT2D eigenvalue weighted by atomic mass is 10.0. The fourth-order valence-corrected chi connectivity index (χ4v) is 3.40. The third kappa shape index (κ3) is 5.18. The number of nitrogens with one attached hydrogen (secondary N) is 2. The van der Waals surface area contributed by atoms with E-state index in [9.17, 15) is 27.2 Å². The van der Waals surface area contributed by atoms with E-state index >= 15 is 4.39 Å². The zero-order valence-electron chi connectivity index (χ0n) is 18.2. The van der Waals surface area contributed by atoms with Crippen LogP contribution in [0.1, 0.15) is 17.3 Å². The molecule has 2 heterocycles. The number of nitrogens with zero attached hydrogens (tertiary/aromatic N) is 1. The van der Waals surface area contributed by atoms with Crippen LogP contribution in [-0.2, 0) is 4.79 Å². The number of amides is 2. The minimum atomic E-state index is -4.82. The van der Waals surface area contributed by atoms with E-state index in [4.69, 9.17) is 21.1 Å². The van der Waals surface area contributed by atoms with Gasteiger partial charge in [0.2, 0.25) is 0 Å². The molecule has 2 aromatic carbocycles. The summed E-state index contributed by atoms with van der Waals surface area (Å²) in [6.07, 6.45) is -7.20. The van der Waals surface area contributed by atoms with E-state index in [1.54, 1.807) is 0 Å². The highest BCUT2D eigenvalue weighted by Gasteiger charge is 2.39. The number of aromatic nitrogens is 1. The van der Waals surface area contributed by atoms with Crippen LogP contribution in [0.3, 0.4) is 0 Å². The van der Waals surface area contributed by atoms with Gasteiger partial charge in [-0.2, -0.15) is 13.2 Å². The Labute approximate surface area is 205 Å². The highest BCUT2D eigenvalue weighted by atomic mass is 35.5. The Balaban J connectivity index is 1.78. The summed E-state index contributed by atoms with van der Waals surface area (Å²) in [5, 5.41) is 4.37. The fourth-order valence-electron chi connectivity index (χ4n) is 3.19. The summed E-state index contributed by atoms with van der Waals surface area (Å²) < 4.78 is 79.1. The predicted octanol–water partition coefficient (Wildman–Crippen LogP) is 5.59. The van der Waals surface area contributed by atoms with Gasteiger partial charge in [-0.1, -0.05) is 17.7 Å². The monoisotopic (exact) mass is 527 g/mol. The van der Waals surface area contributed by atoms with Crippen molar-refractivity contribution in [2.45, 2.75) is 19.2 Å². The van der Waals surface area contributed by atoms with Crippen LogP contribution in [0.2, 0.25) is 5.02 Å². The molecule has 0 fully saturated rings. The molecule has 0 spiro atoms. The molecule has 0 radical (unpaired) electrons. The van der Waals surface area contributed by atoms with E-state index < -0.39 is 52.7 Å². The van der Waals surface area contributed by atoms with Gasteiger partial charge in [-0.25, -0.2) is 13.8 Å². The van der Waals surface area contributed by atoms with Gasteiger partial charge in [0.25, 0.3) is 11.8 Å². The lowest BCUT2D eigenvalue weighted by molar-refractivity contribution is -0.189. The molecule has 1 aromatic heterocycles. The Hall–Kier alpha value is -3.93. The van der Waals surface area contributed by atoms with E-state index in [1.807, 2.05) is 0 Å². The van der Waals surface area contributed by atoms with Gasteiger partial charge in [0.15, 0.2) is 24.3 Å². The normalized spacial score (nSPS) is 13.8. The van der Waals surface area contributed by atoms with Gasteiger partial charge in [0.1, 0.15) is 17.4 Å². The molecule has 3 aromatic rings. The molecule has 0 aliphatic carbocycles. The van der Waals surface area contributed by atoms with Gasteiger partial charge in [0, 0.05) is 5.56 Å². The number of fused-ring (bicyclic) bond motifs is 1. The predicted molar refractivity (Wildman–Crippen MR) is 119 cm³/mol. The van der Waals surface area contributed by atoms with E-state index in [-0.39, 0.29) is 34.5 Å². The standard InChI is InChI=1S/C23H15ClF5N3O4/c1-10(23(27,28)29)36-18-8-11(16-5-6-17-21(30-16)31-19(33)9-35-17)15(26)7-12(18)22(34)32-20-13(24)3-2-4-14(20)25/h2-8,10H,9H2,1H3,(H,32,34)(H,30,31,33). The largest absolute Gasteiger partial charge is 0.480 e. The Kier molecular flexibility index (Phi) is 6.72. The highest BCUT2D eigenvalue weighted by molar-refractivity contribution is 6.34. The number of pyridine rings is 1. The second-order valence-electron chi connectivity index (χ2n) is 7.56. The molecule has 0 saturated heterocycles. The summed E-state index contributed by atoms with van der Waals surface area (Å²) in [6.45, 7) is 0.452. The maximum absolute atomic E-state index is 15.1. The third-order valence-electron chi connectivity index (χ3n) is 5.03. The quantitative estimate of drug-likeness (QED) is 0.422. The minimum absolute atomic E-state index is 0.0229. The minimum Gasteiger partial charge on any atom is -0.480 e. The first-order valence-electron chi connectivity index (χ1n) is 10.2. The van der Waals surface area contributed by atoms with Gasteiger partial charge in [0.05, 0.1) is 22.0 Å². The summed E-state index contributed by atoms with van der Waals surface area (Å²) in [6, 6.07) is 7.74. The third-order valence-corrected chi connectivity index (χ3v) is 5.35. The van der Waals surface area contributed by atoms with Gasteiger partial charge in [-0.15, -0.1) is 0 Å². The number of halogens is 6. The van der Waals surface area contributed by atoms with Crippen molar-refractivity contribution in [3.05, 3.63) is 64.7 Å². The number of alkyl halides is 3. The van der Waals surface area contributed by atoms with Crippen molar-refractivity contribution in [1.29, 1.82) is 0 Å². The van der Waals surface area contributed by atoms with Gasteiger partial charge >= 0.3 is 6.18 Å². The summed E-state index contributed by atoms with van der Waals surface area (Å²) in [7, 11) is 0. The Morgan fingerprint density at radius 3 is 2.64 bits per heavy atom. The average molecular weight is 528 g/mol. The van der Waals surface area contributed by atoms with Crippen LogP contribution in [0.25, 0.3) is 11.3 Å². The Morgan fingerprint density at radius 2 is 1.94 bits per heavy atom. The van der Waals surface area contributed by atoms with Crippen LogP contribution in [0.15, 0.2) is 42.5 Å². The SMILES string of the molecule is CC(Oc1cc(-c2ccc3c(n2)NC(=O)CO3)c(F)cc1C(=O)Nc1c(F)cccc1Cl)C(F)(F)F. The number of hydrogen-bond acceptors (Lipinski definition) is 5. The van der Waals surface area contributed by atoms with Crippen LogP contribution in [-0.4, -0.2) is 35.7 Å². The lowest BCUT2D eigenvalue weighted by Gasteiger charge is -2.21. The number of anilines is 2. The molecule has 1 aliphatic rings. The van der Waals surface area contributed by atoms with E-state index in [2.05, 4.69) is 15.6 Å². The van der Waals surface area contributed by atoms with Crippen molar-refractivity contribution in [3.8, 4) is 22.8 Å². The summed E-state index contributed by atoms with van der Waals surface area (Å²) in [5.41, 5.74) is -1.52. The molecular weight excluding hydrogens is 513 g/mol. The molecule has 7 nitrogen and oxygen atoms in total. The fraction of sp³-hybridized carbons (Fsp3) is 0.174. The van der Waals surface area contributed by atoms with Gasteiger partial charge in [-0.05, 0) is 43.3 Å². The number of carbonyl (C=O) groups excluding carboxylic acids is 2. The first-order chi connectivity index (χ1) is 16.9. The molecule has 188 valence electrons. The van der Waals surface area contributed by atoms with Crippen LogP contribution >= 0.6 is 11.6 Å². The first kappa shape index (κ1) is 25.2. The molecule has 36 heavy (non-hydrogen) atoms. The number of ether oxygens (including phenoxy) is 2. The van der Waals surface area contributed by atoms with Gasteiger partial charge < -0.3 is 20.1 Å². The molecule has 0 saturated carbocycles. The van der Waals surface area contributed by atoms with Crippen molar-refractivity contribution in [2.24, 2.45) is 0 Å². The topological polar surface area (TPSA) is 89.6 Å². The maximum atomic E-state index is 15.1. The molecule has 2 amide bonds. The summed E-state index contributed by atoms with van der Waals surface area (Å²) in [4.78, 5) is 28.5. The van der Waals surface area contributed by atoms with Crippen LogP contribution in [0.5, 0.6) is 11.5 Å². The molecular formula is C23H15ClF5N3O4. The number of para-hydroxylation sites is 1. The lowest BCUT2D eigenvalue weighted by Crippen LogP contribution is -2.32. The summed E-state index contributed by atoms with van der Waals surface area (Å²) >= 11 is 5.89. The molecule has 1 unspecified atom stereocenters. The van der Waals surface area contributed by atoms with Crippen molar-refractivity contribution in [3.63, 3.8) is 0 Å². The van der Waals surface area contributed by atoms with Crippen LogP contribution < -0.4 is 20.1 Å². The summed E-state index contributed by atoms with van der Waals surface area (Å²) in [5.74, 6) is -4.11. The van der Waals surface area contributed by atoms with Crippen LogP contribution in [0.4, 0.5) is 33.5 Å². The van der Waals surface area contributed by atoms with E-state index in [0.29, 0.717) is 13.0 Å². The van der Waals surface area contributed by atoms with Crippen molar-refractivity contribution >= 4 is 34.9 Å². The number of carbonyl (C=O) groups is 2. The zero-order chi connectivity index (χ0) is 26.2. The molecule has 13 heteroatoms. The first-order valence-corrected chi connectivity index (χ1v) is 10.6.